The molecule has 120 valence electrons. The number of aliphatic carboxylic acids is 1. The van der Waals surface area contributed by atoms with Gasteiger partial charge < -0.3 is 15.7 Å². The maximum Gasteiger partial charge on any atom is 0.326 e. The number of hydrogen-bond acceptors (Lipinski definition) is 4. The van der Waals surface area contributed by atoms with Crippen LogP contribution in [0.5, 0.6) is 0 Å². The Morgan fingerprint density at radius 1 is 1.32 bits per heavy atom. The predicted molar refractivity (Wildman–Crippen MR) is 84.1 cm³/mol. The molecule has 0 aliphatic heterocycles. The lowest BCUT2D eigenvalue weighted by atomic mass is 10.0. The average Bonchev–Trinajstić information content (AvgIpc) is 3.20. The predicted octanol–water partition coefficient (Wildman–Crippen LogP) is 2.24. The number of carboxylic acids is 1. The van der Waals surface area contributed by atoms with E-state index in [1.807, 2.05) is 6.92 Å². The van der Waals surface area contributed by atoms with Gasteiger partial charge in [-0.25, -0.2) is 4.79 Å². The lowest BCUT2D eigenvalue weighted by molar-refractivity contribution is -0.140. The van der Waals surface area contributed by atoms with E-state index in [0.29, 0.717) is 10.6 Å². The van der Waals surface area contributed by atoms with E-state index in [9.17, 15) is 14.4 Å². The van der Waals surface area contributed by atoms with Gasteiger partial charge in [0.05, 0.1) is 5.56 Å². The van der Waals surface area contributed by atoms with Gasteiger partial charge in [-0.05, 0) is 31.7 Å². The van der Waals surface area contributed by atoms with Crippen LogP contribution in [0.3, 0.4) is 0 Å². The molecule has 0 radical (unpaired) electrons. The van der Waals surface area contributed by atoms with Crippen LogP contribution < -0.4 is 10.6 Å². The number of carbonyl (C=O) groups excluding carboxylic acids is 2. The average molecular weight is 324 g/mol. The zero-order chi connectivity index (χ0) is 16.4. The van der Waals surface area contributed by atoms with E-state index >= 15 is 0 Å². The van der Waals surface area contributed by atoms with Crippen molar-refractivity contribution in [2.75, 3.05) is 5.32 Å². The third kappa shape index (κ3) is 3.85. The molecule has 0 saturated heterocycles. The molecule has 1 aliphatic rings. The van der Waals surface area contributed by atoms with E-state index in [1.165, 1.54) is 11.3 Å². The molecule has 0 bridgehead atoms. The highest BCUT2D eigenvalue weighted by atomic mass is 32.1. The van der Waals surface area contributed by atoms with Gasteiger partial charge in [-0.3, -0.25) is 9.59 Å². The topological polar surface area (TPSA) is 95.5 Å². The lowest BCUT2D eigenvalue weighted by Gasteiger charge is -2.18. The zero-order valence-electron chi connectivity index (χ0n) is 12.8. The zero-order valence-corrected chi connectivity index (χ0v) is 13.6. The molecule has 7 heteroatoms. The summed E-state index contributed by atoms with van der Waals surface area (Å²) in [6.45, 7) is 5.30. The first-order valence-corrected chi connectivity index (χ1v) is 8.06. The summed E-state index contributed by atoms with van der Waals surface area (Å²) in [6.07, 6.45) is 1.76. The van der Waals surface area contributed by atoms with Gasteiger partial charge in [-0.15, -0.1) is 11.3 Å². The molecule has 22 heavy (non-hydrogen) atoms. The van der Waals surface area contributed by atoms with Crippen LogP contribution in [0.2, 0.25) is 0 Å². The maximum absolute atomic E-state index is 12.3. The second kappa shape index (κ2) is 6.48. The molecule has 0 aromatic carbocycles. The molecule has 2 rings (SSSR count). The van der Waals surface area contributed by atoms with Gasteiger partial charge in [0, 0.05) is 10.8 Å². The maximum atomic E-state index is 12.3. The van der Waals surface area contributed by atoms with Crippen LogP contribution in [0.25, 0.3) is 0 Å². The highest BCUT2D eigenvalue weighted by Gasteiger charge is 2.31. The molecular formula is C15H20N2O4S. The minimum atomic E-state index is -1.07. The number of aryl methyl sites for hydroxylation is 1. The van der Waals surface area contributed by atoms with E-state index in [1.54, 1.807) is 19.9 Å². The summed E-state index contributed by atoms with van der Waals surface area (Å²) in [5.41, 5.74) is 0.323. The third-order valence-electron chi connectivity index (χ3n) is 3.50. The summed E-state index contributed by atoms with van der Waals surface area (Å²) in [5.74, 6) is -1.81. The number of carboxylic acid groups (broad SMARTS) is 1. The summed E-state index contributed by atoms with van der Waals surface area (Å²) in [4.78, 5) is 36.3. The Hall–Kier alpha value is -1.89. The van der Waals surface area contributed by atoms with Crippen molar-refractivity contribution in [3.8, 4) is 0 Å². The molecule has 1 aromatic rings. The monoisotopic (exact) mass is 324 g/mol. The second-order valence-corrected chi connectivity index (χ2v) is 7.15. The van der Waals surface area contributed by atoms with Crippen LogP contribution in [-0.4, -0.2) is 28.9 Å². The Bertz CT molecular complexity index is 605. The Kier molecular flexibility index (Phi) is 4.85. The van der Waals surface area contributed by atoms with E-state index in [-0.39, 0.29) is 17.7 Å². The SMILES string of the molecule is Cc1cc(C(=O)NC(C(=O)O)C(C)C)c(NC(=O)C2CC2)s1. The number of carbonyl (C=O) groups is 3. The van der Waals surface area contributed by atoms with Crippen LogP contribution in [0.15, 0.2) is 6.07 Å². The van der Waals surface area contributed by atoms with Crippen LogP contribution in [0.1, 0.15) is 41.9 Å². The van der Waals surface area contributed by atoms with Gasteiger partial charge in [0.2, 0.25) is 5.91 Å². The lowest BCUT2D eigenvalue weighted by Crippen LogP contribution is -2.44. The van der Waals surface area contributed by atoms with E-state index in [2.05, 4.69) is 10.6 Å². The third-order valence-corrected chi connectivity index (χ3v) is 4.47. The molecule has 1 saturated carbocycles. The van der Waals surface area contributed by atoms with Gasteiger partial charge in [0.15, 0.2) is 0 Å². The fourth-order valence-electron chi connectivity index (χ4n) is 2.07. The fraction of sp³-hybridized carbons (Fsp3) is 0.533. The van der Waals surface area contributed by atoms with Crippen molar-refractivity contribution in [3.63, 3.8) is 0 Å². The quantitative estimate of drug-likeness (QED) is 0.748. The molecule has 1 atom stereocenters. The van der Waals surface area contributed by atoms with Crippen molar-refractivity contribution in [1.29, 1.82) is 0 Å². The Morgan fingerprint density at radius 3 is 2.45 bits per heavy atom. The van der Waals surface area contributed by atoms with Gasteiger partial charge >= 0.3 is 5.97 Å². The van der Waals surface area contributed by atoms with Gasteiger partial charge in [0.1, 0.15) is 11.0 Å². The molecule has 3 N–H and O–H groups in total. The largest absolute Gasteiger partial charge is 0.480 e. The van der Waals surface area contributed by atoms with Crippen molar-refractivity contribution in [1.82, 2.24) is 5.32 Å². The fourth-order valence-corrected chi connectivity index (χ4v) is 2.98. The van der Waals surface area contributed by atoms with E-state index < -0.39 is 17.9 Å². The molecule has 1 aliphatic carbocycles. The second-order valence-electron chi connectivity index (χ2n) is 5.90. The standard InChI is InChI=1S/C15H20N2O4S/c1-7(2)11(15(20)21)16-13(19)10-6-8(3)22-14(10)17-12(18)9-4-5-9/h6-7,9,11H,4-5H2,1-3H3,(H,16,19)(H,17,18)(H,20,21). The number of hydrogen-bond donors (Lipinski definition) is 3. The minimum absolute atomic E-state index is 0.0424. The summed E-state index contributed by atoms with van der Waals surface area (Å²) in [7, 11) is 0. The first-order chi connectivity index (χ1) is 10.3. The molecule has 1 fully saturated rings. The normalized spacial score (nSPS) is 15.5. The minimum Gasteiger partial charge on any atom is -0.480 e. The summed E-state index contributed by atoms with van der Waals surface area (Å²) < 4.78 is 0. The number of anilines is 1. The first-order valence-electron chi connectivity index (χ1n) is 7.24. The van der Waals surface area contributed by atoms with Crippen LogP contribution in [0.4, 0.5) is 5.00 Å². The molecule has 1 unspecified atom stereocenters. The van der Waals surface area contributed by atoms with Crippen molar-refractivity contribution in [2.45, 2.75) is 39.7 Å². The van der Waals surface area contributed by atoms with Gasteiger partial charge in [0.25, 0.3) is 5.91 Å². The summed E-state index contributed by atoms with van der Waals surface area (Å²) in [5, 5.41) is 14.9. The molecule has 1 heterocycles. The van der Waals surface area contributed by atoms with Crippen molar-refractivity contribution in [2.24, 2.45) is 11.8 Å². The van der Waals surface area contributed by atoms with Crippen molar-refractivity contribution < 1.29 is 19.5 Å². The molecule has 0 spiro atoms. The Labute approximate surface area is 132 Å². The smallest absolute Gasteiger partial charge is 0.326 e. The number of rotatable bonds is 6. The van der Waals surface area contributed by atoms with Crippen LogP contribution in [-0.2, 0) is 9.59 Å². The summed E-state index contributed by atoms with van der Waals surface area (Å²) >= 11 is 1.32. The van der Waals surface area contributed by atoms with E-state index in [0.717, 1.165) is 17.7 Å². The number of amides is 2. The van der Waals surface area contributed by atoms with Crippen molar-refractivity contribution >= 4 is 34.1 Å². The van der Waals surface area contributed by atoms with Crippen LogP contribution >= 0.6 is 11.3 Å². The van der Waals surface area contributed by atoms with Crippen LogP contribution in [0, 0.1) is 18.8 Å². The first kappa shape index (κ1) is 16.5. The molecule has 6 nitrogen and oxygen atoms in total. The summed E-state index contributed by atoms with van der Waals surface area (Å²) in [6, 6.07) is 0.710. The highest BCUT2D eigenvalue weighted by Crippen LogP contribution is 2.33. The molecule has 2 amide bonds. The highest BCUT2D eigenvalue weighted by molar-refractivity contribution is 7.16. The van der Waals surface area contributed by atoms with Crippen molar-refractivity contribution in [3.05, 3.63) is 16.5 Å². The molecule has 1 aromatic heterocycles. The molecular weight excluding hydrogens is 304 g/mol. The van der Waals surface area contributed by atoms with E-state index in [4.69, 9.17) is 5.11 Å². The van der Waals surface area contributed by atoms with Gasteiger partial charge in [-0.1, -0.05) is 13.8 Å². The Balaban J connectivity index is 2.14. The number of thiophene rings is 1. The Morgan fingerprint density at radius 2 is 1.95 bits per heavy atom. The van der Waals surface area contributed by atoms with Gasteiger partial charge in [-0.2, -0.15) is 0 Å². The number of nitrogens with one attached hydrogen (secondary N) is 2.